The van der Waals surface area contributed by atoms with Crippen LogP contribution in [0.3, 0.4) is 0 Å². The van der Waals surface area contributed by atoms with Crippen LogP contribution in [0.25, 0.3) is 0 Å². The Morgan fingerprint density at radius 1 is 1.11 bits per heavy atom. The fraction of sp³-hybridized carbons (Fsp3) is 0.0769. The van der Waals surface area contributed by atoms with Crippen LogP contribution >= 0.6 is 39.1 Å². The lowest BCUT2D eigenvalue weighted by atomic mass is 10.2. The second-order valence-electron chi connectivity index (χ2n) is 3.82. The van der Waals surface area contributed by atoms with E-state index in [-0.39, 0.29) is 0 Å². The van der Waals surface area contributed by atoms with Gasteiger partial charge in [-0.05, 0) is 52.7 Å². The summed E-state index contributed by atoms with van der Waals surface area (Å²) < 4.78 is 6.52. The van der Waals surface area contributed by atoms with Gasteiger partial charge >= 0.3 is 0 Å². The zero-order valence-electron chi connectivity index (χ0n) is 9.51. The Morgan fingerprint density at radius 3 is 2.50 bits per heavy atom. The molecule has 0 aliphatic rings. The average Bonchev–Trinajstić information content (AvgIpc) is 2.31. The number of benzene rings is 2. The number of anilines is 1. The van der Waals surface area contributed by atoms with Gasteiger partial charge in [-0.2, -0.15) is 0 Å². The van der Waals surface area contributed by atoms with Gasteiger partial charge in [-0.3, -0.25) is 0 Å². The standard InChI is InChI=1S/C13H10BrCl2NO/c1-7-4-13(9(14)6-12(7)17)18-8-2-3-10(15)11(16)5-8/h2-6H,17H2,1H3. The monoisotopic (exact) mass is 345 g/mol. The average molecular weight is 347 g/mol. The van der Waals surface area contributed by atoms with E-state index in [9.17, 15) is 0 Å². The first kappa shape index (κ1) is 13.5. The van der Waals surface area contributed by atoms with Gasteiger partial charge in [0.1, 0.15) is 11.5 Å². The minimum absolute atomic E-state index is 0.456. The molecule has 0 aliphatic carbocycles. The topological polar surface area (TPSA) is 35.2 Å². The summed E-state index contributed by atoms with van der Waals surface area (Å²) in [6.07, 6.45) is 0. The van der Waals surface area contributed by atoms with Gasteiger partial charge in [-0.1, -0.05) is 23.2 Å². The fourth-order valence-electron chi connectivity index (χ4n) is 1.42. The molecule has 0 saturated heterocycles. The van der Waals surface area contributed by atoms with Crippen LogP contribution in [0.2, 0.25) is 10.0 Å². The molecule has 0 aliphatic heterocycles. The second kappa shape index (κ2) is 5.39. The number of hydrogen-bond acceptors (Lipinski definition) is 2. The van der Waals surface area contributed by atoms with Crippen molar-refractivity contribution in [1.29, 1.82) is 0 Å². The normalized spacial score (nSPS) is 10.4. The molecule has 0 heterocycles. The van der Waals surface area contributed by atoms with Gasteiger partial charge in [0.2, 0.25) is 0 Å². The number of aryl methyl sites for hydroxylation is 1. The van der Waals surface area contributed by atoms with Crippen LogP contribution in [0.4, 0.5) is 5.69 Å². The van der Waals surface area contributed by atoms with E-state index >= 15 is 0 Å². The van der Waals surface area contributed by atoms with E-state index < -0.39 is 0 Å². The lowest BCUT2D eigenvalue weighted by Gasteiger charge is -2.10. The van der Waals surface area contributed by atoms with E-state index in [1.807, 2.05) is 19.1 Å². The number of rotatable bonds is 2. The van der Waals surface area contributed by atoms with Crippen LogP contribution in [0.1, 0.15) is 5.56 Å². The van der Waals surface area contributed by atoms with Crippen molar-refractivity contribution in [1.82, 2.24) is 0 Å². The van der Waals surface area contributed by atoms with Gasteiger partial charge in [-0.15, -0.1) is 0 Å². The summed E-state index contributed by atoms with van der Waals surface area (Å²) >= 11 is 15.2. The van der Waals surface area contributed by atoms with E-state index in [1.54, 1.807) is 18.2 Å². The van der Waals surface area contributed by atoms with Crippen molar-refractivity contribution >= 4 is 44.8 Å². The van der Waals surface area contributed by atoms with Crippen molar-refractivity contribution in [3.8, 4) is 11.5 Å². The van der Waals surface area contributed by atoms with Gasteiger partial charge in [0.25, 0.3) is 0 Å². The largest absolute Gasteiger partial charge is 0.456 e. The summed E-state index contributed by atoms with van der Waals surface area (Å²) in [6, 6.07) is 8.79. The van der Waals surface area contributed by atoms with E-state index in [0.29, 0.717) is 27.2 Å². The highest BCUT2D eigenvalue weighted by molar-refractivity contribution is 9.10. The zero-order valence-corrected chi connectivity index (χ0v) is 12.6. The highest BCUT2D eigenvalue weighted by Gasteiger charge is 2.07. The first-order chi connectivity index (χ1) is 8.47. The summed E-state index contributed by atoms with van der Waals surface area (Å²) in [5.74, 6) is 1.30. The smallest absolute Gasteiger partial charge is 0.142 e. The number of ether oxygens (including phenoxy) is 1. The predicted molar refractivity (Wildman–Crippen MR) is 79.8 cm³/mol. The first-order valence-electron chi connectivity index (χ1n) is 5.16. The Kier molecular flexibility index (Phi) is 4.05. The minimum Gasteiger partial charge on any atom is -0.456 e. The third kappa shape index (κ3) is 2.91. The van der Waals surface area contributed by atoms with Crippen LogP contribution < -0.4 is 10.5 Å². The lowest BCUT2D eigenvalue weighted by Crippen LogP contribution is -1.92. The number of hydrogen-bond donors (Lipinski definition) is 1. The molecule has 0 aromatic heterocycles. The molecule has 0 radical (unpaired) electrons. The molecule has 5 heteroatoms. The lowest BCUT2D eigenvalue weighted by molar-refractivity contribution is 0.479. The molecular weight excluding hydrogens is 337 g/mol. The molecule has 94 valence electrons. The predicted octanol–water partition coefficient (Wildman–Crippen LogP) is 5.44. The number of nitrogen functional groups attached to an aromatic ring is 1. The van der Waals surface area contributed by atoms with Gasteiger partial charge in [0.15, 0.2) is 0 Å². The molecule has 0 amide bonds. The van der Waals surface area contributed by atoms with Gasteiger partial charge in [0.05, 0.1) is 14.5 Å². The third-order valence-electron chi connectivity index (χ3n) is 2.44. The fourth-order valence-corrected chi connectivity index (χ4v) is 2.15. The molecular formula is C13H10BrCl2NO. The van der Waals surface area contributed by atoms with Crippen LogP contribution in [0, 0.1) is 6.92 Å². The molecule has 18 heavy (non-hydrogen) atoms. The molecule has 2 aromatic rings. The second-order valence-corrected chi connectivity index (χ2v) is 5.49. The van der Waals surface area contributed by atoms with Gasteiger partial charge < -0.3 is 10.5 Å². The molecule has 2 nitrogen and oxygen atoms in total. The van der Waals surface area contributed by atoms with E-state index in [2.05, 4.69) is 15.9 Å². The van der Waals surface area contributed by atoms with E-state index in [0.717, 1.165) is 10.0 Å². The summed E-state index contributed by atoms with van der Waals surface area (Å²) in [6.45, 7) is 1.92. The molecule has 2 rings (SSSR count). The van der Waals surface area contributed by atoms with Crippen molar-refractivity contribution in [2.24, 2.45) is 0 Å². The summed E-state index contributed by atoms with van der Waals surface area (Å²) in [4.78, 5) is 0. The summed E-state index contributed by atoms with van der Waals surface area (Å²) in [7, 11) is 0. The maximum absolute atomic E-state index is 5.93. The van der Waals surface area contributed by atoms with E-state index in [1.165, 1.54) is 0 Å². The number of nitrogens with two attached hydrogens (primary N) is 1. The van der Waals surface area contributed by atoms with Crippen LogP contribution in [0.15, 0.2) is 34.8 Å². The molecule has 0 atom stereocenters. The Morgan fingerprint density at radius 2 is 1.83 bits per heavy atom. The Labute approximate surface area is 124 Å². The first-order valence-corrected chi connectivity index (χ1v) is 6.71. The highest BCUT2D eigenvalue weighted by atomic mass is 79.9. The minimum atomic E-state index is 0.456. The Balaban J connectivity index is 2.34. The van der Waals surface area contributed by atoms with Crippen molar-refractivity contribution < 1.29 is 4.74 Å². The quantitative estimate of drug-likeness (QED) is 0.735. The van der Waals surface area contributed by atoms with Crippen molar-refractivity contribution in [2.45, 2.75) is 6.92 Å². The van der Waals surface area contributed by atoms with Crippen LogP contribution in [-0.2, 0) is 0 Å². The van der Waals surface area contributed by atoms with Crippen LogP contribution in [0.5, 0.6) is 11.5 Å². The maximum atomic E-state index is 5.93. The van der Waals surface area contributed by atoms with Crippen molar-refractivity contribution in [2.75, 3.05) is 5.73 Å². The summed E-state index contributed by atoms with van der Waals surface area (Å²) in [5.41, 5.74) is 7.47. The summed E-state index contributed by atoms with van der Waals surface area (Å²) in [5, 5.41) is 0.953. The SMILES string of the molecule is Cc1cc(Oc2ccc(Cl)c(Cl)c2)c(Br)cc1N. The molecule has 0 unspecified atom stereocenters. The highest BCUT2D eigenvalue weighted by Crippen LogP contribution is 2.35. The van der Waals surface area contributed by atoms with Crippen molar-refractivity contribution in [3.63, 3.8) is 0 Å². The van der Waals surface area contributed by atoms with E-state index in [4.69, 9.17) is 33.7 Å². The number of halogens is 3. The van der Waals surface area contributed by atoms with Gasteiger partial charge in [0, 0.05) is 11.8 Å². The van der Waals surface area contributed by atoms with Crippen LogP contribution in [-0.4, -0.2) is 0 Å². The molecule has 0 bridgehead atoms. The Bertz CT molecular complexity index is 602. The molecule has 0 saturated carbocycles. The molecule has 2 N–H and O–H groups in total. The Hall–Kier alpha value is -0.900. The van der Waals surface area contributed by atoms with Crippen molar-refractivity contribution in [3.05, 3.63) is 50.4 Å². The molecule has 0 spiro atoms. The maximum Gasteiger partial charge on any atom is 0.142 e. The molecule has 2 aromatic carbocycles. The van der Waals surface area contributed by atoms with Gasteiger partial charge in [-0.25, -0.2) is 0 Å². The zero-order chi connectivity index (χ0) is 13.3. The third-order valence-corrected chi connectivity index (χ3v) is 3.80. The molecule has 0 fully saturated rings.